The topological polar surface area (TPSA) is 92.6 Å². The molecule has 1 fully saturated rings. The minimum absolute atomic E-state index is 0.0909. The Morgan fingerprint density at radius 3 is 2.37 bits per heavy atom. The summed E-state index contributed by atoms with van der Waals surface area (Å²) in [6.07, 6.45) is 0. The number of thioether (sulfide) groups is 1. The first-order chi connectivity index (χ1) is 17.0. The van der Waals surface area contributed by atoms with Gasteiger partial charge in [0.1, 0.15) is 5.75 Å². The highest BCUT2D eigenvalue weighted by Gasteiger charge is 2.23. The summed E-state index contributed by atoms with van der Waals surface area (Å²) in [6.45, 7) is 4.90. The number of para-hydroxylation sites is 1. The van der Waals surface area contributed by atoms with E-state index in [1.54, 1.807) is 31.4 Å². The lowest BCUT2D eigenvalue weighted by molar-refractivity contribution is -0.128. The molecule has 35 heavy (non-hydrogen) atoms. The summed E-state index contributed by atoms with van der Waals surface area (Å²) in [5.74, 6) is 1.50. The molecule has 0 bridgehead atoms. The second-order valence-electron chi connectivity index (χ2n) is 8.32. The van der Waals surface area contributed by atoms with E-state index in [-0.39, 0.29) is 17.9 Å². The van der Waals surface area contributed by atoms with Gasteiger partial charge in [0.25, 0.3) is 5.91 Å². The lowest BCUT2D eigenvalue weighted by Crippen LogP contribution is -2.49. The molecule has 1 saturated heterocycles. The summed E-state index contributed by atoms with van der Waals surface area (Å²) in [6, 6.07) is 16.8. The number of carbonyl (C=O) groups excluding carboxylic acids is 2. The minimum atomic E-state index is -0.349. The number of methoxy groups -OCH3 is 1. The Morgan fingerprint density at radius 1 is 1.03 bits per heavy atom. The lowest BCUT2D eigenvalue weighted by Gasteiger charge is -2.36. The Bertz CT molecular complexity index is 1140. The number of benzene rings is 2. The van der Waals surface area contributed by atoms with Crippen molar-refractivity contribution >= 4 is 29.3 Å². The van der Waals surface area contributed by atoms with E-state index in [2.05, 4.69) is 32.5 Å². The molecule has 9 nitrogen and oxygen atoms in total. The first-order valence-corrected chi connectivity index (χ1v) is 12.5. The summed E-state index contributed by atoms with van der Waals surface area (Å²) in [5, 5.41) is 12.1. The third-order valence-electron chi connectivity index (χ3n) is 6.03. The van der Waals surface area contributed by atoms with Crippen molar-refractivity contribution in [2.45, 2.75) is 18.1 Å². The van der Waals surface area contributed by atoms with Crippen LogP contribution in [-0.2, 0) is 11.8 Å². The predicted octanol–water partition coefficient (Wildman–Crippen LogP) is 2.76. The van der Waals surface area contributed by atoms with E-state index in [4.69, 9.17) is 4.74 Å². The van der Waals surface area contributed by atoms with Crippen LogP contribution in [0.5, 0.6) is 5.75 Å². The SMILES string of the molecule is COc1ccc(C(=O)N[C@H](C)c2nnc(SCC(=O)N3CCN(c4ccccc4)CC3)n2C)cc1. The van der Waals surface area contributed by atoms with Gasteiger partial charge in [-0.05, 0) is 43.3 Å². The summed E-state index contributed by atoms with van der Waals surface area (Å²) in [4.78, 5) is 29.6. The summed E-state index contributed by atoms with van der Waals surface area (Å²) >= 11 is 1.36. The Morgan fingerprint density at radius 2 is 1.71 bits per heavy atom. The van der Waals surface area contributed by atoms with Gasteiger partial charge in [0.2, 0.25) is 5.91 Å². The second kappa shape index (κ2) is 11.3. The van der Waals surface area contributed by atoms with Gasteiger partial charge in [-0.3, -0.25) is 9.59 Å². The number of nitrogens with zero attached hydrogens (tertiary/aromatic N) is 5. The molecule has 4 rings (SSSR count). The summed E-state index contributed by atoms with van der Waals surface area (Å²) < 4.78 is 6.96. The number of carbonyl (C=O) groups is 2. The van der Waals surface area contributed by atoms with Gasteiger partial charge in [0.05, 0.1) is 18.9 Å². The number of nitrogens with one attached hydrogen (secondary N) is 1. The van der Waals surface area contributed by atoms with Gasteiger partial charge in [-0.15, -0.1) is 10.2 Å². The minimum Gasteiger partial charge on any atom is -0.497 e. The zero-order valence-corrected chi connectivity index (χ0v) is 21.0. The first kappa shape index (κ1) is 24.6. The van der Waals surface area contributed by atoms with Crippen molar-refractivity contribution < 1.29 is 14.3 Å². The molecular weight excluding hydrogens is 464 g/mol. The van der Waals surface area contributed by atoms with Gasteiger partial charge < -0.3 is 24.4 Å². The maximum absolute atomic E-state index is 12.8. The van der Waals surface area contributed by atoms with Crippen molar-refractivity contribution in [3.05, 3.63) is 66.0 Å². The Kier molecular flexibility index (Phi) is 7.91. The van der Waals surface area contributed by atoms with Crippen LogP contribution in [0.1, 0.15) is 29.1 Å². The van der Waals surface area contributed by atoms with Gasteiger partial charge in [0.15, 0.2) is 11.0 Å². The highest BCUT2D eigenvalue weighted by atomic mass is 32.2. The van der Waals surface area contributed by atoms with Crippen LogP contribution in [0.15, 0.2) is 59.8 Å². The van der Waals surface area contributed by atoms with Crippen LogP contribution in [0.3, 0.4) is 0 Å². The predicted molar refractivity (Wildman–Crippen MR) is 136 cm³/mol. The van der Waals surface area contributed by atoms with Crippen molar-refractivity contribution in [1.82, 2.24) is 25.0 Å². The van der Waals surface area contributed by atoms with Gasteiger partial charge in [0, 0.05) is 44.5 Å². The van der Waals surface area contributed by atoms with Crippen LogP contribution in [0.2, 0.25) is 0 Å². The van der Waals surface area contributed by atoms with E-state index in [1.807, 2.05) is 41.6 Å². The van der Waals surface area contributed by atoms with Crippen LogP contribution >= 0.6 is 11.8 Å². The Balaban J connectivity index is 1.27. The van der Waals surface area contributed by atoms with Gasteiger partial charge in [-0.1, -0.05) is 30.0 Å². The average molecular weight is 495 g/mol. The van der Waals surface area contributed by atoms with Crippen LogP contribution in [0, 0.1) is 0 Å². The number of anilines is 1. The zero-order chi connectivity index (χ0) is 24.8. The smallest absolute Gasteiger partial charge is 0.251 e. The molecule has 3 aromatic rings. The van der Waals surface area contributed by atoms with E-state index >= 15 is 0 Å². The quantitative estimate of drug-likeness (QED) is 0.482. The molecule has 1 aliphatic heterocycles. The second-order valence-corrected chi connectivity index (χ2v) is 9.26. The van der Waals surface area contributed by atoms with E-state index in [0.29, 0.717) is 41.1 Å². The fourth-order valence-corrected chi connectivity index (χ4v) is 4.81. The average Bonchev–Trinajstić information content (AvgIpc) is 3.28. The maximum atomic E-state index is 12.8. The molecule has 1 N–H and O–H groups in total. The molecule has 0 radical (unpaired) electrons. The molecule has 10 heteroatoms. The van der Waals surface area contributed by atoms with Crippen molar-refractivity contribution in [2.24, 2.45) is 7.05 Å². The van der Waals surface area contributed by atoms with Gasteiger partial charge >= 0.3 is 0 Å². The highest BCUT2D eigenvalue weighted by molar-refractivity contribution is 7.99. The third kappa shape index (κ3) is 5.94. The van der Waals surface area contributed by atoms with Gasteiger partial charge in [-0.25, -0.2) is 0 Å². The highest BCUT2D eigenvalue weighted by Crippen LogP contribution is 2.21. The molecule has 0 unspecified atom stereocenters. The molecule has 1 aromatic heterocycles. The number of ether oxygens (including phenoxy) is 1. The molecule has 0 spiro atoms. The summed E-state index contributed by atoms with van der Waals surface area (Å²) in [7, 11) is 3.43. The maximum Gasteiger partial charge on any atom is 0.251 e. The van der Waals surface area contributed by atoms with Crippen molar-refractivity contribution in [1.29, 1.82) is 0 Å². The summed E-state index contributed by atoms with van der Waals surface area (Å²) in [5.41, 5.74) is 1.72. The zero-order valence-electron chi connectivity index (χ0n) is 20.2. The van der Waals surface area contributed by atoms with Crippen molar-refractivity contribution in [3.8, 4) is 5.75 Å². The lowest BCUT2D eigenvalue weighted by atomic mass is 10.2. The number of hydrogen-bond donors (Lipinski definition) is 1. The molecule has 2 heterocycles. The van der Waals surface area contributed by atoms with E-state index < -0.39 is 0 Å². The van der Waals surface area contributed by atoms with Crippen LogP contribution in [0.4, 0.5) is 5.69 Å². The van der Waals surface area contributed by atoms with E-state index in [9.17, 15) is 9.59 Å². The number of rotatable bonds is 8. The van der Waals surface area contributed by atoms with Crippen LogP contribution < -0.4 is 15.0 Å². The standard InChI is InChI=1S/C25H30N6O3S/c1-18(26-24(33)19-9-11-21(34-3)12-10-19)23-27-28-25(29(23)2)35-17-22(32)31-15-13-30(14-16-31)20-7-5-4-6-8-20/h4-12,18H,13-17H2,1-3H3,(H,26,33)/t18-/m1/s1. The molecular formula is C25H30N6O3S. The third-order valence-corrected chi connectivity index (χ3v) is 7.04. The molecule has 184 valence electrons. The Hall–Kier alpha value is -3.53. The molecule has 1 aliphatic rings. The molecule has 2 aromatic carbocycles. The van der Waals surface area contributed by atoms with E-state index in [0.717, 1.165) is 13.1 Å². The Labute approximate surface area is 209 Å². The van der Waals surface area contributed by atoms with Crippen molar-refractivity contribution in [2.75, 3.05) is 43.9 Å². The first-order valence-electron chi connectivity index (χ1n) is 11.5. The van der Waals surface area contributed by atoms with Crippen LogP contribution in [-0.4, -0.2) is 70.5 Å². The largest absolute Gasteiger partial charge is 0.497 e. The fraction of sp³-hybridized carbons (Fsp3) is 0.360. The molecule has 2 amide bonds. The number of piperazine rings is 1. The fourth-order valence-electron chi connectivity index (χ4n) is 3.99. The number of aromatic nitrogens is 3. The number of amides is 2. The molecule has 1 atom stereocenters. The molecule has 0 aliphatic carbocycles. The van der Waals surface area contributed by atoms with Crippen LogP contribution in [0.25, 0.3) is 0 Å². The van der Waals surface area contributed by atoms with Crippen molar-refractivity contribution in [3.63, 3.8) is 0 Å². The normalized spacial score (nSPS) is 14.5. The molecule has 0 saturated carbocycles. The monoisotopic (exact) mass is 494 g/mol. The van der Waals surface area contributed by atoms with Gasteiger partial charge in [-0.2, -0.15) is 0 Å². The van der Waals surface area contributed by atoms with E-state index in [1.165, 1.54) is 17.4 Å². The number of hydrogen-bond acceptors (Lipinski definition) is 7.